The van der Waals surface area contributed by atoms with Crippen LogP contribution in [-0.2, 0) is 9.53 Å². The number of hydrogen-bond donors (Lipinski definition) is 2. The Morgan fingerprint density at radius 2 is 1.81 bits per heavy atom. The van der Waals surface area contributed by atoms with E-state index in [0.717, 1.165) is 19.3 Å². The van der Waals surface area contributed by atoms with Crippen molar-refractivity contribution in [3.05, 3.63) is 34.9 Å². The van der Waals surface area contributed by atoms with Gasteiger partial charge in [-0.1, -0.05) is 43.0 Å². The van der Waals surface area contributed by atoms with E-state index in [1.54, 1.807) is 6.07 Å². The highest BCUT2D eigenvalue weighted by Gasteiger charge is 2.64. The second kappa shape index (κ2) is 8.93. The molecule has 0 heterocycles. The highest BCUT2D eigenvalue weighted by Crippen LogP contribution is 2.33. The molecule has 0 aromatic heterocycles. The summed E-state index contributed by atoms with van der Waals surface area (Å²) in [5.74, 6) is -2.71. The number of alkyl halides is 3. The quantitative estimate of drug-likeness (QED) is 0.557. The van der Waals surface area contributed by atoms with E-state index in [1.165, 1.54) is 25.1 Å². The van der Waals surface area contributed by atoms with Crippen molar-refractivity contribution in [2.24, 2.45) is 0 Å². The van der Waals surface area contributed by atoms with Crippen molar-refractivity contribution in [2.45, 2.75) is 56.9 Å². The van der Waals surface area contributed by atoms with Gasteiger partial charge in [-0.05, 0) is 31.9 Å². The molecule has 1 aromatic rings. The molecule has 2 rings (SSSR count). The highest BCUT2D eigenvalue weighted by molar-refractivity contribution is 6.33. The highest BCUT2D eigenvalue weighted by atomic mass is 35.5. The number of rotatable bonds is 6. The van der Waals surface area contributed by atoms with Crippen LogP contribution >= 0.6 is 11.6 Å². The van der Waals surface area contributed by atoms with Crippen molar-refractivity contribution < 1.29 is 27.5 Å². The standard InChI is InChI=1S/C18H22ClF3N2O3/c1-2-27-16(26)17(18(20,21)22,23-12-8-4-3-5-9-12)24-15(25)13-10-6-7-11-14(13)19/h6-7,10-12,23H,2-5,8-9H2,1H3,(H,24,25)/t17-/m1/s1. The zero-order chi connectivity index (χ0) is 20.1. The van der Waals surface area contributed by atoms with E-state index in [9.17, 15) is 22.8 Å². The molecule has 0 bridgehead atoms. The summed E-state index contributed by atoms with van der Waals surface area (Å²) in [6.07, 6.45) is -1.77. The van der Waals surface area contributed by atoms with Gasteiger partial charge >= 0.3 is 12.1 Å². The maximum Gasteiger partial charge on any atom is 0.436 e. The van der Waals surface area contributed by atoms with Crippen molar-refractivity contribution in [3.8, 4) is 0 Å². The molecular formula is C18H22ClF3N2O3. The molecule has 0 radical (unpaired) electrons. The molecule has 1 amide bonds. The molecule has 1 aliphatic rings. The predicted octanol–water partition coefficient (Wildman–Crippen LogP) is 3.81. The molecule has 0 spiro atoms. The number of nitrogens with one attached hydrogen (secondary N) is 2. The summed E-state index contributed by atoms with van der Waals surface area (Å²) in [5.41, 5.74) is -3.51. The molecule has 1 aliphatic carbocycles. The summed E-state index contributed by atoms with van der Waals surface area (Å²) in [5, 5.41) is 4.14. The summed E-state index contributed by atoms with van der Waals surface area (Å²) in [7, 11) is 0. The Kier molecular flexibility index (Phi) is 7.11. The minimum atomic E-state index is -5.12. The average molecular weight is 407 g/mol. The van der Waals surface area contributed by atoms with E-state index in [2.05, 4.69) is 10.1 Å². The fraction of sp³-hybridized carbons (Fsp3) is 0.556. The van der Waals surface area contributed by atoms with Crippen LogP contribution in [-0.4, -0.2) is 36.4 Å². The van der Waals surface area contributed by atoms with Crippen LogP contribution in [0.5, 0.6) is 0 Å². The largest absolute Gasteiger partial charge is 0.463 e. The number of halogens is 4. The fourth-order valence-electron chi connectivity index (χ4n) is 3.09. The molecule has 9 heteroatoms. The van der Waals surface area contributed by atoms with Crippen LogP contribution in [0.3, 0.4) is 0 Å². The Morgan fingerprint density at radius 3 is 2.37 bits per heavy atom. The lowest BCUT2D eigenvalue weighted by atomic mass is 9.93. The third-order valence-corrected chi connectivity index (χ3v) is 4.78. The molecule has 150 valence electrons. The predicted molar refractivity (Wildman–Crippen MR) is 94.3 cm³/mol. The van der Waals surface area contributed by atoms with Gasteiger partial charge in [0.15, 0.2) is 0 Å². The summed E-state index contributed by atoms with van der Waals surface area (Å²) < 4.78 is 46.9. The van der Waals surface area contributed by atoms with Crippen molar-refractivity contribution >= 4 is 23.5 Å². The number of benzene rings is 1. The van der Waals surface area contributed by atoms with Gasteiger partial charge in [0.25, 0.3) is 11.6 Å². The summed E-state index contributed by atoms with van der Waals surface area (Å²) >= 11 is 5.92. The molecule has 1 saturated carbocycles. The zero-order valence-corrected chi connectivity index (χ0v) is 15.6. The van der Waals surface area contributed by atoms with Gasteiger partial charge in [0.1, 0.15) is 0 Å². The topological polar surface area (TPSA) is 67.4 Å². The number of carbonyl (C=O) groups excluding carboxylic acids is 2. The van der Waals surface area contributed by atoms with Gasteiger partial charge < -0.3 is 10.1 Å². The molecule has 27 heavy (non-hydrogen) atoms. The van der Waals surface area contributed by atoms with Gasteiger partial charge in [0, 0.05) is 6.04 Å². The van der Waals surface area contributed by atoms with E-state index >= 15 is 0 Å². The Morgan fingerprint density at radius 1 is 1.19 bits per heavy atom. The van der Waals surface area contributed by atoms with E-state index in [4.69, 9.17) is 11.6 Å². The number of hydrogen-bond acceptors (Lipinski definition) is 4. The van der Waals surface area contributed by atoms with Gasteiger partial charge in [0.05, 0.1) is 17.2 Å². The molecular weight excluding hydrogens is 385 g/mol. The van der Waals surface area contributed by atoms with Gasteiger partial charge in [-0.25, -0.2) is 4.79 Å². The Hall–Kier alpha value is -1.80. The Labute approximate surface area is 160 Å². The first kappa shape index (κ1) is 21.5. The molecule has 0 aliphatic heterocycles. The number of amides is 1. The number of esters is 1. The molecule has 5 nitrogen and oxygen atoms in total. The normalized spacial score (nSPS) is 17.8. The van der Waals surface area contributed by atoms with E-state index in [-0.39, 0.29) is 17.2 Å². The summed E-state index contributed by atoms with van der Waals surface area (Å²) in [4.78, 5) is 24.9. The van der Waals surface area contributed by atoms with Crippen molar-refractivity contribution in [1.29, 1.82) is 0 Å². The van der Waals surface area contributed by atoms with Crippen LogP contribution in [0.1, 0.15) is 49.4 Å². The van der Waals surface area contributed by atoms with Gasteiger partial charge in [-0.2, -0.15) is 13.2 Å². The second-order valence-corrected chi connectivity index (χ2v) is 6.79. The smallest absolute Gasteiger partial charge is 0.436 e. The first-order valence-corrected chi connectivity index (χ1v) is 9.17. The molecule has 1 fully saturated rings. The first-order valence-electron chi connectivity index (χ1n) is 8.80. The minimum absolute atomic E-state index is 0.0207. The van der Waals surface area contributed by atoms with Crippen LogP contribution in [0.2, 0.25) is 5.02 Å². The molecule has 1 atom stereocenters. The maximum absolute atomic E-state index is 14.1. The first-order chi connectivity index (χ1) is 12.7. The van der Waals surface area contributed by atoms with Crippen molar-refractivity contribution in [1.82, 2.24) is 10.6 Å². The van der Waals surface area contributed by atoms with Gasteiger partial charge in [-0.15, -0.1) is 0 Å². The lowest BCUT2D eigenvalue weighted by Gasteiger charge is -2.38. The van der Waals surface area contributed by atoms with Crippen LogP contribution in [0.25, 0.3) is 0 Å². The summed E-state index contributed by atoms with van der Waals surface area (Å²) in [6.45, 7) is 1.14. The number of carbonyl (C=O) groups is 2. The molecule has 2 N–H and O–H groups in total. The summed E-state index contributed by atoms with van der Waals surface area (Å²) in [6, 6.07) is 5.10. The van der Waals surface area contributed by atoms with E-state index < -0.39 is 29.8 Å². The van der Waals surface area contributed by atoms with Crippen molar-refractivity contribution in [3.63, 3.8) is 0 Å². The Bertz CT molecular complexity index is 678. The second-order valence-electron chi connectivity index (χ2n) is 6.38. The number of ether oxygens (including phenoxy) is 1. The third-order valence-electron chi connectivity index (χ3n) is 4.45. The molecule has 0 saturated heterocycles. The molecule has 0 unspecified atom stereocenters. The average Bonchev–Trinajstić information content (AvgIpc) is 2.61. The van der Waals surface area contributed by atoms with E-state index in [0.29, 0.717) is 12.8 Å². The SMILES string of the molecule is CCOC(=O)[C@](NC(=O)c1ccccc1Cl)(NC1CCCCC1)C(F)(F)F. The minimum Gasteiger partial charge on any atom is -0.463 e. The van der Waals surface area contributed by atoms with E-state index in [1.807, 2.05) is 5.32 Å². The maximum atomic E-state index is 14.1. The van der Waals surface area contributed by atoms with Crippen molar-refractivity contribution in [2.75, 3.05) is 6.61 Å². The molecule has 1 aromatic carbocycles. The Balaban J connectivity index is 2.41. The van der Waals surface area contributed by atoms with Crippen LogP contribution in [0.15, 0.2) is 24.3 Å². The van der Waals surface area contributed by atoms with Crippen LogP contribution in [0, 0.1) is 0 Å². The van der Waals surface area contributed by atoms with Gasteiger partial charge in [0.2, 0.25) is 0 Å². The fourth-order valence-corrected chi connectivity index (χ4v) is 3.31. The monoisotopic (exact) mass is 406 g/mol. The lowest BCUT2D eigenvalue weighted by molar-refractivity contribution is -0.220. The van der Waals surface area contributed by atoms with Crippen LogP contribution < -0.4 is 10.6 Å². The zero-order valence-electron chi connectivity index (χ0n) is 14.9. The third kappa shape index (κ3) is 4.93. The van der Waals surface area contributed by atoms with Crippen LogP contribution in [0.4, 0.5) is 13.2 Å². The van der Waals surface area contributed by atoms with Gasteiger partial charge in [-0.3, -0.25) is 10.1 Å². The lowest BCUT2D eigenvalue weighted by Crippen LogP contribution is -2.74.